The van der Waals surface area contributed by atoms with Crippen LogP contribution >= 0.6 is 0 Å². The molecule has 1 aliphatic rings. The van der Waals surface area contributed by atoms with E-state index in [4.69, 9.17) is 9.47 Å². The number of benzene rings is 4. The van der Waals surface area contributed by atoms with E-state index in [1.165, 1.54) is 39.1 Å². The van der Waals surface area contributed by atoms with E-state index in [1.807, 2.05) is 0 Å². The lowest BCUT2D eigenvalue weighted by molar-refractivity contribution is 0.160. The van der Waals surface area contributed by atoms with Crippen LogP contribution in [-0.2, 0) is 28.7 Å². The second-order valence-corrected chi connectivity index (χ2v) is 10.3. The monoisotopic (exact) mass is 529 g/mol. The highest BCUT2D eigenvalue weighted by atomic mass is 16.5. The third-order valence-corrected chi connectivity index (χ3v) is 7.40. The van der Waals surface area contributed by atoms with Gasteiger partial charge in [-0.2, -0.15) is 0 Å². The molecule has 3 heteroatoms. The Morgan fingerprint density at radius 2 is 1.12 bits per heavy atom. The molecule has 0 amide bonds. The van der Waals surface area contributed by atoms with Gasteiger partial charge in [-0.15, -0.1) is 13.2 Å². The average molecular weight is 530 g/mol. The predicted octanol–water partition coefficient (Wildman–Crippen LogP) is 9.00. The van der Waals surface area contributed by atoms with E-state index in [-0.39, 0.29) is 0 Å². The van der Waals surface area contributed by atoms with Gasteiger partial charge in [0.15, 0.2) is 0 Å². The van der Waals surface area contributed by atoms with Crippen LogP contribution in [0, 0.1) is 0 Å². The first-order valence-electron chi connectivity index (χ1n) is 14.3. The van der Waals surface area contributed by atoms with Crippen molar-refractivity contribution < 1.29 is 9.47 Å². The molecule has 204 valence electrons. The summed E-state index contributed by atoms with van der Waals surface area (Å²) in [7, 11) is 0. The van der Waals surface area contributed by atoms with Gasteiger partial charge in [-0.05, 0) is 102 Å². The van der Waals surface area contributed by atoms with Crippen LogP contribution in [0.4, 0.5) is 17.1 Å². The van der Waals surface area contributed by atoms with Gasteiger partial charge in [0.05, 0.1) is 13.2 Å². The van der Waals surface area contributed by atoms with Gasteiger partial charge in [0, 0.05) is 30.3 Å². The Labute approximate surface area is 239 Å². The quantitative estimate of drug-likeness (QED) is 0.0998. The number of ether oxygens (including phenoxy) is 2. The van der Waals surface area contributed by atoms with Crippen molar-refractivity contribution in [1.29, 1.82) is 0 Å². The number of hydrogen-bond acceptors (Lipinski definition) is 3. The molecule has 0 spiro atoms. The molecule has 0 saturated carbocycles. The normalized spacial score (nSPS) is 11.6. The van der Waals surface area contributed by atoms with Crippen molar-refractivity contribution in [3.05, 3.63) is 139 Å². The summed E-state index contributed by atoms with van der Waals surface area (Å²) in [6.45, 7) is 10.2. The fourth-order valence-corrected chi connectivity index (χ4v) is 5.43. The number of rotatable bonds is 15. The Morgan fingerprint density at radius 3 is 1.70 bits per heavy atom. The fraction of sp³-hybridized carbons (Fsp3) is 0.243. The summed E-state index contributed by atoms with van der Waals surface area (Å²) >= 11 is 0. The Kier molecular flexibility index (Phi) is 9.63. The van der Waals surface area contributed by atoms with Crippen molar-refractivity contribution >= 4 is 17.1 Å². The van der Waals surface area contributed by atoms with Crippen LogP contribution in [0.15, 0.2) is 116 Å². The first-order chi connectivity index (χ1) is 19.8. The zero-order chi connectivity index (χ0) is 27.6. The van der Waals surface area contributed by atoms with Crippen molar-refractivity contribution in [2.45, 2.75) is 32.1 Å². The van der Waals surface area contributed by atoms with Crippen LogP contribution in [0.2, 0.25) is 0 Å². The molecule has 1 aliphatic carbocycles. The Balaban J connectivity index is 1.38. The topological polar surface area (TPSA) is 21.7 Å². The SMILES string of the molecule is C=CCOCCCc1ccc(N(c2ccc(CCCOCC=C)cc2)c2ccc3c(c2)Cc2ccccc2-3)cc1. The lowest BCUT2D eigenvalue weighted by Crippen LogP contribution is -2.10. The van der Waals surface area contributed by atoms with E-state index in [9.17, 15) is 0 Å². The van der Waals surface area contributed by atoms with Gasteiger partial charge in [-0.25, -0.2) is 0 Å². The van der Waals surface area contributed by atoms with E-state index >= 15 is 0 Å². The van der Waals surface area contributed by atoms with Crippen LogP contribution in [-0.4, -0.2) is 26.4 Å². The highest BCUT2D eigenvalue weighted by Crippen LogP contribution is 2.41. The predicted molar refractivity (Wildman–Crippen MR) is 168 cm³/mol. The van der Waals surface area contributed by atoms with E-state index in [0.29, 0.717) is 13.2 Å². The summed E-state index contributed by atoms with van der Waals surface area (Å²) < 4.78 is 11.1. The molecule has 40 heavy (non-hydrogen) atoms. The molecule has 4 aromatic rings. The second-order valence-electron chi connectivity index (χ2n) is 10.3. The lowest BCUT2D eigenvalue weighted by atomic mass is 10.0. The zero-order valence-corrected chi connectivity index (χ0v) is 23.4. The molecule has 0 saturated heterocycles. The molecule has 5 rings (SSSR count). The first kappa shape index (κ1) is 27.6. The van der Waals surface area contributed by atoms with Crippen LogP contribution in [0.3, 0.4) is 0 Å². The number of nitrogens with zero attached hydrogens (tertiary/aromatic N) is 1. The van der Waals surface area contributed by atoms with Crippen molar-refractivity contribution in [2.75, 3.05) is 31.3 Å². The Hall–Kier alpha value is -3.92. The number of hydrogen-bond donors (Lipinski definition) is 0. The smallest absolute Gasteiger partial charge is 0.0644 e. The third-order valence-electron chi connectivity index (χ3n) is 7.40. The van der Waals surface area contributed by atoms with Crippen LogP contribution in [0.1, 0.15) is 35.1 Å². The Bertz CT molecular complexity index is 1340. The first-order valence-corrected chi connectivity index (χ1v) is 14.3. The van der Waals surface area contributed by atoms with E-state index in [1.54, 1.807) is 12.2 Å². The molecule has 0 radical (unpaired) electrons. The van der Waals surface area contributed by atoms with Crippen molar-refractivity contribution in [3.63, 3.8) is 0 Å². The fourth-order valence-electron chi connectivity index (χ4n) is 5.43. The van der Waals surface area contributed by atoms with Gasteiger partial charge in [0.1, 0.15) is 0 Å². The Morgan fingerprint density at radius 1 is 0.600 bits per heavy atom. The lowest BCUT2D eigenvalue weighted by Gasteiger charge is -2.26. The van der Waals surface area contributed by atoms with Gasteiger partial charge in [0.2, 0.25) is 0 Å². The van der Waals surface area contributed by atoms with Gasteiger partial charge in [-0.3, -0.25) is 0 Å². The molecule has 0 unspecified atom stereocenters. The number of anilines is 3. The maximum Gasteiger partial charge on any atom is 0.0644 e. The maximum absolute atomic E-state index is 5.56. The van der Waals surface area contributed by atoms with Crippen LogP contribution in [0.5, 0.6) is 0 Å². The molecule has 3 nitrogen and oxygen atoms in total. The summed E-state index contributed by atoms with van der Waals surface area (Å²) in [6, 6.07) is 33.6. The molecule has 0 aromatic heterocycles. The summed E-state index contributed by atoms with van der Waals surface area (Å²) in [5, 5.41) is 0. The van der Waals surface area contributed by atoms with Crippen LogP contribution in [0.25, 0.3) is 11.1 Å². The largest absolute Gasteiger partial charge is 0.377 e. The van der Waals surface area contributed by atoms with Gasteiger partial charge in [0.25, 0.3) is 0 Å². The molecular weight excluding hydrogens is 490 g/mol. The molecule has 0 bridgehead atoms. The third kappa shape index (κ3) is 6.80. The molecule has 0 fully saturated rings. The molecule has 4 aromatic carbocycles. The standard InChI is InChI=1S/C37H39NO2/c1-3-23-39-25-7-9-29-13-17-33(18-14-29)38(34-19-15-30(16-20-34)10-8-26-40-24-4-2)35-21-22-37-32(28-35)27-31-11-5-6-12-36(31)37/h3-6,11-22,28H,1-2,7-10,23-27H2. The van der Waals surface area contributed by atoms with E-state index < -0.39 is 0 Å². The van der Waals surface area contributed by atoms with Gasteiger partial charge >= 0.3 is 0 Å². The van der Waals surface area contributed by atoms with Crippen molar-refractivity contribution in [3.8, 4) is 11.1 Å². The summed E-state index contributed by atoms with van der Waals surface area (Å²) in [5.74, 6) is 0. The van der Waals surface area contributed by atoms with E-state index in [0.717, 1.165) is 56.7 Å². The molecular formula is C37H39NO2. The molecule has 0 heterocycles. The highest BCUT2D eigenvalue weighted by molar-refractivity contribution is 5.83. The van der Waals surface area contributed by atoms with Gasteiger partial charge < -0.3 is 14.4 Å². The molecule has 0 aliphatic heterocycles. The minimum absolute atomic E-state index is 0.613. The second kappa shape index (κ2) is 13.9. The molecule has 0 N–H and O–H groups in total. The minimum Gasteiger partial charge on any atom is -0.377 e. The number of fused-ring (bicyclic) bond motifs is 3. The van der Waals surface area contributed by atoms with Crippen molar-refractivity contribution in [1.82, 2.24) is 0 Å². The minimum atomic E-state index is 0.613. The summed E-state index contributed by atoms with van der Waals surface area (Å²) in [6.07, 6.45) is 8.58. The van der Waals surface area contributed by atoms with Crippen LogP contribution < -0.4 is 4.90 Å². The average Bonchev–Trinajstić information content (AvgIpc) is 3.36. The number of aryl methyl sites for hydroxylation is 2. The summed E-state index contributed by atoms with van der Waals surface area (Å²) in [4.78, 5) is 2.37. The van der Waals surface area contributed by atoms with Gasteiger partial charge in [-0.1, -0.05) is 66.7 Å². The summed E-state index contributed by atoms with van der Waals surface area (Å²) in [5.41, 5.74) is 11.7. The highest BCUT2D eigenvalue weighted by Gasteiger charge is 2.20. The maximum atomic E-state index is 5.56. The molecule has 0 atom stereocenters. The van der Waals surface area contributed by atoms with E-state index in [2.05, 4.69) is 109 Å². The van der Waals surface area contributed by atoms with Crippen molar-refractivity contribution in [2.24, 2.45) is 0 Å². The zero-order valence-electron chi connectivity index (χ0n) is 23.4.